The van der Waals surface area contributed by atoms with Crippen molar-refractivity contribution in [3.63, 3.8) is 0 Å². The standard InChI is InChI=1S/C29H29N5O3S/c1-17-12-18(2)14-21(13-17)33-28(27(31-29(33)38)24-8-6-7-11-30-24)23-15-19(3)32(20(23)4)25-10-9-22(37-5)16-26(25)34(35)36/h6-16,27-28H,1-5H3,(H,31,38)/t27-,28-/m0/s1. The Balaban J connectivity index is 1.72. The molecule has 0 saturated carbocycles. The molecule has 0 radical (unpaired) electrons. The molecule has 0 spiro atoms. The molecule has 4 aromatic rings. The van der Waals surface area contributed by atoms with E-state index in [4.69, 9.17) is 17.0 Å². The van der Waals surface area contributed by atoms with Crippen LogP contribution in [0, 0.1) is 37.8 Å². The summed E-state index contributed by atoms with van der Waals surface area (Å²) in [6.45, 7) is 8.10. The van der Waals surface area contributed by atoms with E-state index in [-0.39, 0.29) is 22.7 Å². The largest absolute Gasteiger partial charge is 0.496 e. The minimum Gasteiger partial charge on any atom is -0.496 e. The Labute approximate surface area is 227 Å². The van der Waals surface area contributed by atoms with Crippen molar-refractivity contribution in [2.45, 2.75) is 39.8 Å². The lowest BCUT2D eigenvalue weighted by Gasteiger charge is -2.28. The van der Waals surface area contributed by atoms with Crippen LogP contribution in [-0.4, -0.2) is 26.7 Å². The van der Waals surface area contributed by atoms with Crippen molar-refractivity contribution in [3.8, 4) is 11.4 Å². The van der Waals surface area contributed by atoms with Crippen molar-refractivity contribution in [2.75, 3.05) is 12.0 Å². The zero-order valence-corrected chi connectivity index (χ0v) is 22.7. The Morgan fingerprint density at radius 2 is 1.76 bits per heavy atom. The van der Waals surface area contributed by atoms with E-state index >= 15 is 0 Å². The topological polar surface area (TPSA) is 85.5 Å². The number of nitro groups is 1. The maximum atomic E-state index is 12.0. The van der Waals surface area contributed by atoms with Gasteiger partial charge in [-0.1, -0.05) is 12.1 Å². The minimum absolute atomic E-state index is 0.0230. The molecule has 1 N–H and O–H groups in total. The van der Waals surface area contributed by atoms with Gasteiger partial charge >= 0.3 is 0 Å². The lowest BCUT2D eigenvalue weighted by atomic mass is 9.96. The number of nitro benzene ring substituents is 1. The van der Waals surface area contributed by atoms with Crippen molar-refractivity contribution < 1.29 is 9.66 Å². The first-order valence-corrected chi connectivity index (χ1v) is 12.7. The average molecular weight is 528 g/mol. The van der Waals surface area contributed by atoms with Crippen LogP contribution in [0.2, 0.25) is 0 Å². The highest BCUT2D eigenvalue weighted by Crippen LogP contribution is 2.44. The number of hydrogen-bond donors (Lipinski definition) is 1. The number of ether oxygens (including phenoxy) is 1. The molecule has 1 aliphatic rings. The molecule has 2 aromatic heterocycles. The molecule has 0 bridgehead atoms. The first kappa shape index (κ1) is 25.4. The summed E-state index contributed by atoms with van der Waals surface area (Å²) in [5, 5.41) is 16.1. The van der Waals surface area contributed by atoms with E-state index in [2.05, 4.69) is 53.3 Å². The van der Waals surface area contributed by atoms with Crippen molar-refractivity contribution in [1.82, 2.24) is 14.9 Å². The van der Waals surface area contributed by atoms with E-state index in [9.17, 15) is 10.1 Å². The summed E-state index contributed by atoms with van der Waals surface area (Å²) in [4.78, 5) is 18.4. The van der Waals surface area contributed by atoms with E-state index in [0.29, 0.717) is 16.5 Å². The summed E-state index contributed by atoms with van der Waals surface area (Å²) in [5.41, 5.74) is 7.38. The molecule has 194 valence electrons. The minimum atomic E-state index is -0.374. The van der Waals surface area contributed by atoms with Gasteiger partial charge in [-0.2, -0.15) is 0 Å². The van der Waals surface area contributed by atoms with Crippen LogP contribution in [0.15, 0.2) is 66.9 Å². The highest BCUT2D eigenvalue weighted by atomic mass is 32.1. The summed E-state index contributed by atoms with van der Waals surface area (Å²) < 4.78 is 7.18. The Hall–Kier alpha value is -4.24. The van der Waals surface area contributed by atoms with Gasteiger partial charge in [0, 0.05) is 23.3 Å². The fourth-order valence-electron chi connectivity index (χ4n) is 5.46. The van der Waals surface area contributed by atoms with E-state index in [1.54, 1.807) is 18.3 Å². The van der Waals surface area contributed by atoms with Gasteiger partial charge in [-0.15, -0.1) is 0 Å². The number of nitrogens with one attached hydrogen (secondary N) is 1. The number of benzene rings is 2. The van der Waals surface area contributed by atoms with Gasteiger partial charge in [0.25, 0.3) is 5.69 Å². The number of pyridine rings is 1. The summed E-state index contributed by atoms with van der Waals surface area (Å²) in [5.74, 6) is 0.435. The smallest absolute Gasteiger partial charge is 0.296 e. The molecule has 2 atom stereocenters. The Morgan fingerprint density at radius 3 is 2.39 bits per heavy atom. The van der Waals surface area contributed by atoms with Crippen molar-refractivity contribution in [2.24, 2.45) is 0 Å². The molecule has 0 amide bonds. The molecule has 38 heavy (non-hydrogen) atoms. The second kappa shape index (κ2) is 9.90. The lowest BCUT2D eigenvalue weighted by molar-refractivity contribution is -0.384. The second-order valence-corrected chi connectivity index (χ2v) is 10.0. The summed E-state index contributed by atoms with van der Waals surface area (Å²) >= 11 is 5.90. The van der Waals surface area contributed by atoms with Crippen LogP contribution < -0.4 is 15.0 Å². The summed E-state index contributed by atoms with van der Waals surface area (Å²) in [6.07, 6.45) is 1.78. The molecule has 1 aliphatic heterocycles. The van der Waals surface area contributed by atoms with Crippen LogP contribution in [0.25, 0.3) is 5.69 Å². The van der Waals surface area contributed by atoms with Crippen LogP contribution in [0.4, 0.5) is 11.4 Å². The molecule has 1 saturated heterocycles. The SMILES string of the molecule is COc1ccc(-n2c(C)cc([C@H]3[C@H](c4ccccn4)NC(=S)N3c3cc(C)cc(C)c3)c2C)c([N+](=O)[O-])c1. The number of aryl methyl sites for hydroxylation is 3. The van der Waals surface area contributed by atoms with Gasteiger partial charge in [-0.3, -0.25) is 15.1 Å². The maximum Gasteiger partial charge on any atom is 0.296 e. The fourth-order valence-corrected chi connectivity index (χ4v) is 5.81. The van der Waals surface area contributed by atoms with Crippen LogP contribution in [0.1, 0.15) is 45.9 Å². The number of anilines is 1. The molecule has 8 nitrogen and oxygen atoms in total. The number of aromatic nitrogens is 2. The third kappa shape index (κ3) is 4.39. The predicted octanol–water partition coefficient (Wildman–Crippen LogP) is 6.20. The first-order valence-electron chi connectivity index (χ1n) is 12.3. The van der Waals surface area contributed by atoms with Gasteiger partial charge in [0.1, 0.15) is 11.4 Å². The molecule has 5 rings (SSSR count). The van der Waals surface area contributed by atoms with Gasteiger partial charge in [0.2, 0.25) is 0 Å². The molecule has 1 fully saturated rings. The van der Waals surface area contributed by atoms with E-state index in [1.165, 1.54) is 13.2 Å². The van der Waals surface area contributed by atoms with E-state index < -0.39 is 0 Å². The highest BCUT2D eigenvalue weighted by Gasteiger charge is 2.42. The molecule has 2 aromatic carbocycles. The number of rotatable bonds is 6. The van der Waals surface area contributed by atoms with E-state index in [0.717, 1.165) is 39.5 Å². The Morgan fingerprint density at radius 1 is 1.03 bits per heavy atom. The number of nitrogens with zero attached hydrogens (tertiary/aromatic N) is 4. The summed E-state index contributed by atoms with van der Waals surface area (Å²) in [6, 6.07) is 18.8. The molecule has 3 heterocycles. The van der Waals surface area contributed by atoms with Crippen LogP contribution in [0.3, 0.4) is 0 Å². The Bertz CT molecular complexity index is 1530. The third-order valence-electron chi connectivity index (χ3n) is 6.99. The van der Waals surface area contributed by atoms with Crippen molar-refractivity contribution in [1.29, 1.82) is 0 Å². The Kier molecular flexibility index (Phi) is 6.62. The summed E-state index contributed by atoms with van der Waals surface area (Å²) in [7, 11) is 1.50. The number of hydrogen-bond acceptors (Lipinski definition) is 5. The normalized spacial score (nSPS) is 17.0. The van der Waals surface area contributed by atoms with Gasteiger partial charge in [0.05, 0.1) is 35.9 Å². The van der Waals surface area contributed by atoms with Gasteiger partial charge in [-0.25, -0.2) is 0 Å². The van der Waals surface area contributed by atoms with E-state index in [1.807, 2.05) is 36.6 Å². The fraction of sp³-hybridized carbons (Fsp3) is 0.241. The van der Waals surface area contributed by atoms with Gasteiger partial charge in [0.15, 0.2) is 5.11 Å². The van der Waals surface area contributed by atoms with Gasteiger partial charge < -0.3 is 19.5 Å². The molecule has 0 unspecified atom stereocenters. The number of thiocarbonyl (C=S) groups is 1. The monoisotopic (exact) mass is 527 g/mol. The lowest BCUT2D eigenvalue weighted by Crippen LogP contribution is -2.29. The van der Waals surface area contributed by atoms with Crippen LogP contribution in [0.5, 0.6) is 5.75 Å². The highest BCUT2D eigenvalue weighted by molar-refractivity contribution is 7.80. The molecule has 9 heteroatoms. The number of methoxy groups -OCH3 is 1. The molecular formula is C29H29N5O3S. The maximum absolute atomic E-state index is 12.0. The zero-order chi connectivity index (χ0) is 27.1. The molecule has 0 aliphatic carbocycles. The first-order chi connectivity index (χ1) is 18.2. The molecular weight excluding hydrogens is 498 g/mol. The quantitative estimate of drug-likeness (QED) is 0.182. The third-order valence-corrected chi connectivity index (χ3v) is 7.31. The second-order valence-electron chi connectivity index (χ2n) is 9.62. The van der Waals surface area contributed by atoms with Crippen LogP contribution in [-0.2, 0) is 0 Å². The zero-order valence-electron chi connectivity index (χ0n) is 21.9. The van der Waals surface area contributed by atoms with Crippen LogP contribution >= 0.6 is 12.2 Å². The van der Waals surface area contributed by atoms with Gasteiger partial charge in [-0.05, 0) is 99.1 Å². The van der Waals surface area contributed by atoms with Crippen molar-refractivity contribution in [3.05, 3.63) is 111 Å². The average Bonchev–Trinajstić information content (AvgIpc) is 3.38. The predicted molar refractivity (Wildman–Crippen MR) is 152 cm³/mol. The van der Waals surface area contributed by atoms with Crippen molar-refractivity contribution >= 4 is 28.7 Å².